The molecule has 1 aromatic rings. The molecule has 2 unspecified atom stereocenters. The molecule has 29 heavy (non-hydrogen) atoms. The van der Waals surface area contributed by atoms with E-state index in [0.717, 1.165) is 23.6 Å². The summed E-state index contributed by atoms with van der Waals surface area (Å²) in [6, 6.07) is 1.95. The Labute approximate surface area is 168 Å². The number of piperidine rings is 1. The number of hydrogen-bond acceptors (Lipinski definition) is 4. The lowest BCUT2D eigenvalue weighted by atomic mass is 9.88. The zero-order chi connectivity index (χ0) is 21.2. The molecule has 0 spiro atoms. The van der Waals surface area contributed by atoms with Gasteiger partial charge >= 0.3 is 18.4 Å². The molecule has 1 N–H and O–H groups in total. The van der Waals surface area contributed by atoms with Crippen LogP contribution < -0.4 is 0 Å². The average Bonchev–Trinajstić information content (AvgIpc) is 2.66. The predicted octanol–water partition coefficient (Wildman–Crippen LogP) is 3.87. The third kappa shape index (κ3) is 5.26. The van der Waals surface area contributed by atoms with Crippen molar-refractivity contribution in [3.63, 3.8) is 0 Å². The van der Waals surface area contributed by atoms with E-state index in [-0.39, 0.29) is 31.1 Å². The highest BCUT2D eigenvalue weighted by Crippen LogP contribution is 2.35. The van der Waals surface area contributed by atoms with Gasteiger partial charge in [0.15, 0.2) is 0 Å². The van der Waals surface area contributed by atoms with Crippen LogP contribution in [0.25, 0.3) is 0 Å². The number of carbonyl (C=O) groups is 2. The van der Waals surface area contributed by atoms with Crippen molar-refractivity contribution >= 4 is 23.9 Å². The van der Waals surface area contributed by atoms with Crippen molar-refractivity contribution < 1.29 is 37.0 Å². The third-order valence-corrected chi connectivity index (χ3v) is 5.94. The van der Waals surface area contributed by atoms with Gasteiger partial charge in [-0.1, -0.05) is 6.07 Å². The van der Waals surface area contributed by atoms with E-state index in [2.05, 4.69) is 0 Å². The molecule has 1 aromatic carbocycles. The smallest absolute Gasteiger partial charge is 0.450 e. The van der Waals surface area contributed by atoms with Crippen LogP contribution in [0.3, 0.4) is 0 Å². The van der Waals surface area contributed by atoms with Gasteiger partial charge in [0.25, 0.3) is 0 Å². The van der Waals surface area contributed by atoms with Crippen LogP contribution in [0.5, 0.6) is 0 Å². The molecule has 0 bridgehead atoms. The Morgan fingerprint density at radius 3 is 2.41 bits per heavy atom. The van der Waals surface area contributed by atoms with Gasteiger partial charge in [-0.15, -0.1) is 0 Å². The van der Waals surface area contributed by atoms with E-state index in [1.165, 1.54) is 4.90 Å². The molecule has 0 aromatic heterocycles. The van der Waals surface area contributed by atoms with Crippen molar-refractivity contribution in [1.82, 2.24) is 9.80 Å². The van der Waals surface area contributed by atoms with Crippen LogP contribution in [-0.2, 0) is 10.9 Å². The van der Waals surface area contributed by atoms with Crippen LogP contribution in [0.4, 0.5) is 27.2 Å². The van der Waals surface area contributed by atoms with Crippen LogP contribution >= 0.6 is 11.8 Å². The Kier molecular flexibility index (Phi) is 6.45. The van der Waals surface area contributed by atoms with Crippen molar-refractivity contribution in [2.24, 2.45) is 0 Å². The highest BCUT2D eigenvalue weighted by atomic mass is 32.2. The summed E-state index contributed by atoms with van der Waals surface area (Å²) < 4.78 is 57.7. The lowest BCUT2D eigenvalue weighted by Gasteiger charge is -2.40. The number of amides is 2. The highest BCUT2D eigenvalue weighted by Gasteiger charge is 2.37. The van der Waals surface area contributed by atoms with E-state index in [9.17, 15) is 27.2 Å². The minimum absolute atomic E-state index is 0.00342. The van der Waals surface area contributed by atoms with Gasteiger partial charge in [-0.2, -0.15) is 24.9 Å². The van der Waals surface area contributed by atoms with Crippen LogP contribution in [-0.4, -0.2) is 70.9 Å². The molecule has 2 fully saturated rings. The third-order valence-electron chi connectivity index (χ3n) is 5.00. The minimum Gasteiger partial charge on any atom is -0.450 e. The van der Waals surface area contributed by atoms with E-state index in [0.29, 0.717) is 19.2 Å². The number of thioether (sulfide) groups is 1. The Morgan fingerprint density at radius 2 is 1.83 bits per heavy atom. The summed E-state index contributed by atoms with van der Waals surface area (Å²) in [4.78, 5) is 26.8. The molecule has 6 nitrogen and oxygen atoms in total. The first-order valence-electron chi connectivity index (χ1n) is 9.03. The second-order valence-electron chi connectivity index (χ2n) is 6.96. The van der Waals surface area contributed by atoms with Gasteiger partial charge in [-0.05, 0) is 24.1 Å². The average molecular weight is 436 g/mol. The number of nitrogens with zero attached hydrogens (tertiary/aromatic N) is 2. The van der Waals surface area contributed by atoms with Crippen molar-refractivity contribution in [2.75, 3.05) is 37.7 Å². The molecular weight excluding hydrogens is 416 g/mol. The minimum atomic E-state index is -4.67. The van der Waals surface area contributed by atoms with Crippen molar-refractivity contribution in [3.05, 3.63) is 35.1 Å². The van der Waals surface area contributed by atoms with Gasteiger partial charge in [0.05, 0.1) is 12.1 Å². The van der Waals surface area contributed by atoms with E-state index >= 15 is 0 Å². The molecule has 0 aliphatic carbocycles. The molecule has 2 saturated heterocycles. The molecule has 2 amide bonds. The maximum atomic E-state index is 14.5. The standard InChI is InChI=1S/C18H20F4N2O4S/c19-15-8-12(18(20,21)22)1-2-14(15)11-7-13(28-17(26)27)10-24(9-11)16(25)23-3-5-29-6-4-23/h1-2,8,11,13H,3-7,9-10H2,(H,26,27). The van der Waals surface area contributed by atoms with Gasteiger partial charge in [-0.3, -0.25) is 0 Å². The van der Waals surface area contributed by atoms with Crippen molar-refractivity contribution in [2.45, 2.75) is 24.6 Å². The van der Waals surface area contributed by atoms with E-state index in [1.54, 1.807) is 16.7 Å². The number of carboxylic acid groups (broad SMARTS) is 1. The number of benzene rings is 1. The second kappa shape index (κ2) is 8.68. The van der Waals surface area contributed by atoms with Gasteiger partial charge < -0.3 is 19.6 Å². The number of hydrogen-bond donors (Lipinski definition) is 1. The van der Waals surface area contributed by atoms with E-state index in [1.807, 2.05) is 0 Å². The molecule has 2 aliphatic rings. The molecule has 2 atom stereocenters. The number of halogens is 4. The Hall–Kier alpha value is -2.17. The van der Waals surface area contributed by atoms with E-state index in [4.69, 9.17) is 9.84 Å². The zero-order valence-corrected chi connectivity index (χ0v) is 16.1. The maximum absolute atomic E-state index is 14.5. The van der Waals surface area contributed by atoms with Gasteiger partial charge in [0.2, 0.25) is 0 Å². The van der Waals surface area contributed by atoms with Gasteiger partial charge in [0.1, 0.15) is 11.9 Å². The van der Waals surface area contributed by atoms with Gasteiger partial charge in [0, 0.05) is 37.1 Å². The molecule has 2 aliphatic heterocycles. The summed E-state index contributed by atoms with van der Waals surface area (Å²) in [5.74, 6) is -0.155. The Morgan fingerprint density at radius 1 is 1.14 bits per heavy atom. The summed E-state index contributed by atoms with van der Waals surface area (Å²) in [5, 5.41) is 8.94. The highest BCUT2D eigenvalue weighted by molar-refractivity contribution is 7.99. The first kappa shape index (κ1) is 21.5. The summed E-state index contributed by atoms with van der Waals surface area (Å²) in [5.41, 5.74) is -1.10. The second-order valence-corrected chi connectivity index (χ2v) is 8.18. The number of likely N-dealkylation sites (tertiary alicyclic amines) is 1. The topological polar surface area (TPSA) is 70.1 Å². The van der Waals surface area contributed by atoms with E-state index < -0.39 is 35.7 Å². The first-order valence-corrected chi connectivity index (χ1v) is 10.2. The number of carbonyl (C=O) groups excluding carboxylic acids is 1. The Balaban J connectivity index is 1.83. The number of alkyl halides is 3. The monoisotopic (exact) mass is 436 g/mol. The fraction of sp³-hybridized carbons (Fsp3) is 0.556. The largest absolute Gasteiger partial charge is 0.506 e. The fourth-order valence-corrected chi connectivity index (χ4v) is 4.55. The molecular formula is C18H20F4N2O4S. The van der Waals surface area contributed by atoms with Crippen LogP contribution in [0, 0.1) is 5.82 Å². The molecule has 11 heteroatoms. The lowest BCUT2D eigenvalue weighted by molar-refractivity contribution is -0.137. The number of rotatable bonds is 2. The predicted molar refractivity (Wildman–Crippen MR) is 97.5 cm³/mol. The molecule has 160 valence electrons. The quantitative estimate of drug-likeness (QED) is 0.563. The first-order chi connectivity index (χ1) is 13.6. The van der Waals surface area contributed by atoms with Crippen molar-refractivity contribution in [1.29, 1.82) is 0 Å². The van der Waals surface area contributed by atoms with Gasteiger partial charge in [-0.25, -0.2) is 14.0 Å². The number of urea groups is 1. The van der Waals surface area contributed by atoms with Crippen LogP contribution in [0.15, 0.2) is 18.2 Å². The molecule has 3 rings (SSSR count). The normalized spacial score (nSPS) is 23.0. The lowest BCUT2D eigenvalue weighted by Crippen LogP contribution is -2.53. The summed E-state index contributed by atoms with van der Waals surface area (Å²) in [6.07, 6.45) is -7.01. The maximum Gasteiger partial charge on any atom is 0.506 e. The fourth-order valence-electron chi connectivity index (χ4n) is 3.65. The number of ether oxygens (including phenoxy) is 1. The zero-order valence-electron chi connectivity index (χ0n) is 15.3. The molecule has 0 saturated carbocycles. The van der Waals surface area contributed by atoms with Crippen LogP contribution in [0.2, 0.25) is 0 Å². The van der Waals surface area contributed by atoms with Crippen LogP contribution in [0.1, 0.15) is 23.5 Å². The summed E-state index contributed by atoms with van der Waals surface area (Å²) in [6.45, 7) is 1.19. The SMILES string of the molecule is O=C(O)OC1CC(c2ccc(C(F)(F)F)cc2F)CN(C(=O)N2CCSCC2)C1. The summed E-state index contributed by atoms with van der Waals surface area (Å²) >= 11 is 1.72. The summed E-state index contributed by atoms with van der Waals surface area (Å²) in [7, 11) is 0. The van der Waals surface area contributed by atoms with Crippen molar-refractivity contribution in [3.8, 4) is 0 Å². The Bertz CT molecular complexity index is 771. The molecule has 2 heterocycles. The molecule has 0 radical (unpaired) electrons.